The quantitative estimate of drug-likeness (QED) is 0.887. The molecule has 1 fully saturated rings. The number of β-amino-alcohol motifs (C(OH)–C–C–N with tert-alkyl or cyclic N) is 2. The second kappa shape index (κ2) is 4.79. The van der Waals surface area contributed by atoms with Crippen molar-refractivity contribution in [3.8, 4) is 0 Å². The van der Waals surface area contributed by atoms with Crippen molar-refractivity contribution in [3.05, 3.63) is 34.2 Å². The van der Waals surface area contributed by atoms with E-state index in [0.717, 1.165) is 15.3 Å². The van der Waals surface area contributed by atoms with E-state index in [9.17, 15) is 10.2 Å². The number of hydrogen-bond acceptors (Lipinski definition) is 4. The first-order valence-corrected chi connectivity index (χ1v) is 7.09. The third kappa shape index (κ3) is 2.15. The number of benzene rings is 1. The Balaban J connectivity index is 1.85. The van der Waals surface area contributed by atoms with Crippen LogP contribution < -0.4 is 0 Å². The molecule has 0 bridgehead atoms. The molecule has 0 unspecified atom stereocenters. The van der Waals surface area contributed by atoms with Crippen molar-refractivity contribution in [2.24, 2.45) is 0 Å². The molecule has 2 atom stereocenters. The van der Waals surface area contributed by atoms with E-state index in [1.54, 1.807) is 11.3 Å². The van der Waals surface area contributed by atoms with Crippen LogP contribution in [0.4, 0.5) is 0 Å². The molecule has 3 rings (SSSR count). The summed E-state index contributed by atoms with van der Waals surface area (Å²) >= 11 is 8.04. The van der Waals surface area contributed by atoms with Crippen LogP contribution in [0.5, 0.6) is 0 Å². The molecule has 0 saturated carbocycles. The number of rotatable bonds is 2. The zero-order valence-corrected chi connectivity index (χ0v) is 11.3. The van der Waals surface area contributed by atoms with Gasteiger partial charge >= 0.3 is 0 Å². The average Bonchev–Trinajstić information content (AvgIpc) is 2.83. The molecule has 0 spiro atoms. The molecule has 2 heterocycles. The maximum Gasteiger partial charge on any atom is 0.0938 e. The Morgan fingerprint density at radius 3 is 2.56 bits per heavy atom. The molecule has 1 aliphatic rings. The van der Waals surface area contributed by atoms with Crippen LogP contribution >= 0.6 is 22.9 Å². The standard InChI is InChI=1S/C13H14ClNO2S/c14-13-8-3-1-2-4-11(8)18-12(13)7-15-5-9(16)10(17)6-15/h1-4,9-10,16-17H,5-7H2/t9-,10+. The van der Waals surface area contributed by atoms with E-state index in [1.807, 2.05) is 23.1 Å². The van der Waals surface area contributed by atoms with Gasteiger partial charge in [0.25, 0.3) is 0 Å². The zero-order chi connectivity index (χ0) is 12.7. The number of thiophene rings is 1. The summed E-state index contributed by atoms with van der Waals surface area (Å²) in [5.41, 5.74) is 0. The van der Waals surface area contributed by atoms with Gasteiger partial charge < -0.3 is 10.2 Å². The van der Waals surface area contributed by atoms with Gasteiger partial charge in [-0.2, -0.15) is 0 Å². The number of hydrogen-bond donors (Lipinski definition) is 2. The second-order valence-corrected chi connectivity index (χ2v) is 6.18. The molecular formula is C13H14ClNO2S. The molecule has 18 heavy (non-hydrogen) atoms. The van der Waals surface area contributed by atoms with Crippen molar-refractivity contribution in [1.82, 2.24) is 4.90 Å². The number of aliphatic hydroxyl groups excluding tert-OH is 2. The van der Waals surface area contributed by atoms with Crippen LogP contribution in [0, 0.1) is 0 Å². The van der Waals surface area contributed by atoms with Crippen LogP contribution in [-0.4, -0.2) is 40.4 Å². The van der Waals surface area contributed by atoms with Gasteiger partial charge in [-0.3, -0.25) is 4.90 Å². The first kappa shape index (κ1) is 12.4. The van der Waals surface area contributed by atoms with Crippen molar-refractivity contribution in [3.63, 3.8) is 0 Å². The molecule has 1 aromatic carbocycles. The fraction of sp³-hybridized carbons (Fsp3) is 0.385. The molecule has 0 aliphatic carbocycles. The highest BCUT2D eigenvalue weighted by molar-refractivity contribution is 7.19. The number of nitrogens with zero attached hydrogens (tertiary/aromatic N) is 1. The Kier molecular flexibility index (Phi) is 3.30. The summed E-state index contributed by atoms with van der Waals surface area (Å²) in [6.45, 7) is 1.70. The monoisotopic (exact) mass is 283 g/mol. The highest BCUT2D eigenvalue weighted by Crippen LogP contribution is 2.36. The average molecular weight is 284 g/mol. The molecule has 0 amide bonds. The van der Waals surface area contributed by atoms with Gasteiger partial charge in [0.1, 0.15) is 0 Å². The molecular weight excluding hydrogens is 270 g/mol. The lowest BCUT2D eigenvalue weighted by molar-refractivity contribution is 0.0572. The van der Waals surface area contributed by atoms with Crippen molar-refractivity contribution in [2.75, 3.05) is 13.1 Å². The van der Waals surface area contributed by atoms with E-state index in [1.165, 1.54) is 4.70 Å². The molecule has 96 valence electrons. The van der Waals surface area contributed by atoms with E-state index in [4.69, 9.17) is 11.6 Å². The van der Waals surface area contributed by atoms with Crippen LogP contribution in [0.1, 0.15) is 4.88 Å². The summed E-state index contributed by atoms with van der Waals surface area (Å²) in [5.74, 6) is 0. The predicted octanol–water partition coefficient (Wildman–Crippen LogP) is 2.09. The lowest BCUT2D eigenvalue weighted by atomic mass is 10.2. The van der Waals surface area contributed by atoms with Crippen LogP contribution in [0.2, 0.25) is 5.02 Å². The van der Waals surface area contributed by atoms with E-state index in [-0.39, 0.29) is 0 Å². The molecule has 1 saturated heterocycles. The normalized spacial score (nSPS) is 25.1. The van der Waals surface area contributed by atoms with E-state index >= 15 is 0 Å². The third-order valence-corrected chi connectivity index (χ3v) is 5.00. The fourth-order valence-electron chi connectivity index (χ4n) is 2.35. The van der Waals surface area contributed by atoms with Crippen molar-refractivity contribution < 1.29 is 10.2 Å². The molecule has 2 aromatic rings. The maximum absolute atomic E-state index is 9.53. The number of likely N-dealkylation sites (tertiary alicyclic amines) is 1. The minimum absolute atomic E-state index is 0.506. The fourth-order valence-corrected chi connectivity index (χ4v) is 3.88. The van der Waals surface area contributed by atoms with Gasteiger partial charge in [-0.15, -0.1) is 11.3 Å². The lowest BCUT2D eigenvalue weighted by Crippen LogP contribution is -2.22. The SMILES string of the molecule is O[C@@H]1CN(Cc2sc3ccccc3c2Cl)C[C@@H]1O. The summed E-state index contributed by atoms with van der Waals surface area (Å²) in [7, 11) is 0. The summed E-state index contributed by atoms with van der Waals surface area (Å²) in [5, 5.41) is 20.9. The van der Waals surface area contributed by atoms with Gasteiger partial charge in [-0.25, -0.2) is 0 Å². The Morgan fingerprint density at radius 1 is 1.22 bits per heavy atom. The van der Waals surface area contributed by atoms with Crippen LogP contribution in [-0.2, 0) is 6.54 Å². The third-order valence-electron chi connectivity index (χ3n) is 3.30. The summed E-state index contributed by atoms with van der Waals surface area (Å²) < 4.78 is 1.18. The second-order valence-electron chi connectivity index (χ2n) is 4.66. The maximum atomic E-state index is 9.53. The molecule has 1 aliphatic heterocycles. The van der Waals surface area contributed by atoms with E-state index in [0.29, 0.717) is 19.6 Å². The topological polar surface area (TPSA) is 43.7 Å². The smallest absolute Gasteiger partial charge is 0.0938 e. The molecule has 0 radical (unpaired) electrons. The lowest BCUT2D eigenvalue weighted by Gasteiger charge is -2.13. The highest BCUT2D eigenvalue weighted by atomic mass is 35.5. The van der Waals surface area contributed by atoms with Gasteiger partial charge in [-0.05, 0) is 6.07 Å². The minimum atomic E-state index is -0.641. The van der Waals surface area contributed by atoms with Gasteiger partial charge in [0.05, 0.1) is 17.2 Å². The Morgan fingerprint density at radius 2 is 1.89 bits per heavy atom. The Labute approximate surface area is 114 Å². The predicted molar refractivity (Wildman–Crippen MR) is 74.1 cm³/mol. The van der Waals surface area contributed by atoms with Gasteiger partial charge in [0.2, 0.25) is 0 Å². The van der Waals surface area contributed by atoms with Gasteiger partial charge in [0.15, 0.2) is 0 Å². The van der Waals surface area contributed by atoms with E-state index in [2.05, 4.69) is 6.07 Å². The van der Waals surface area contributed by atoms with Gasteiger partial charge in [0, 0.05) is 34.6 Å². The largest absolute Gasteiger partial charge is 0.389 e. The first-order valence-electron chi connectivity index (χ1n) is 5.89. The van der Waals surface area contributed by atoms with Crippen LogP contribution in [0.3, 0.4) is 0 Å². The molecule has 1 aromatic heterocycles. The summed E-state index contributed by atoms with van der Waals surface area (Å²) in [6.07, 6.45) is -1.28. The van der Waals surface area contributed by atoms with Crippen molar-refractivity contribution >= 4 is 33.0 Å². The minimum Gasteiger partial charge on any atom is -0.389 e. The zero-order valence-electron chi connectivity index (χ0n) is 9.71. The van der Waals surface area contributed by atoms with Crippen molar-refractivity contribution in [1.29, 1.82) is 0 Å². The number of fused-ring (bicyclic) bond motifs is 1. The molecule has 3 nitrogen and oxygen atoms in total. The van der Waals surface area contributed by atoms with Crippen LogP contribution in [0.25, 0.3) is 10.1 Å². The molecule has 2 N–H and O–H groups in total. The van der Waals surface area contributed by atoms with E-state index < -0.39 is 12.2 Å². The number of halogens is 1. The Bertz CT molecular complexity index is 561. The Hall–Kier alpha value is -0.650. The molecule has 5 heteroatoms. The highest BCUT2D eigenvalue weighted by Gasteiger charge is 2.30. The van der Waals surface area contributed by atoms with Crippen molar-refractivity contribution in [2.45, 2.75) is 18.8 Å². The van der Waals surface area contributed by atoms with Crippen LogP contribution in [0.15, 0.2) is 24.3 Å². The number of aliphatic hydroxyl groups is 2. The first-order chi connectivity index (χ1) is 8.65. The van der Waals surface area contributed by atoms with Gasteiger partial charge in [-0.1, -0.05) is 29.8 Å². The summed E-state index contributed by atoms with van der Waals surface area (Å²) in [4.78, 5) is 3.13. The summed E-state index contributed by atoms with van der Waals surface area (Å²) in [6, 6.07) is 8.06.